The third-order valence-electron chi connectivity index (χ3n) is 15.0. The molecular formula is C50H45N. The summed E-state index contributed by atoms with van der Waals surface area (Å²) < 4.78 is 0. The Hall–Kier alpha value is -4.62. The Balaban J connectivity index is 1.07. The van der Waals surface area contributed by atoms with E-state index in [0.717, 1.165) is 23.7 Å². The zero-order chi connectivity index (χ0) is 33.3. The number of hydrogen-bond acceptors (Lipinski definition) is 1. The lowest BCUT2D eigenvalue weighted by molar-refractivity contribution is -0.0399. The first-order valence-electron chi connectivity index (χ1n) is 20.0. The van der Waals surface area contributed by atoms with Crippen LogP contribution in [0.3, 0.4) is 0 Å². The molecule has 0 atom stereocenters. The van der Waals surface area contributed by atoms with Gasteiger partial charge in [0.25, 0.3) is 0 Å². The van der Waals surface area contributed by atoms with E-state index in [2.05, 4.69) is 132 Å². The van der Waals surface area contributed by atoms with Gasteiger partial charge in [-0.3, -0.25) is 0 Å². The van der Waals surface area contributed by atoms with Crippen molar-refractivity contribution in [1.82, 2.24) is 0 Å². The molecule has 13 rings (SSSR count). The monoisotopic (exact) mass is 659 g/mol. The van der Waals surface area contributed by atoms with Crippen LogP contribution in [0.2, 0.25) is 0 Å². The van der Waals surface area contributed by atoms with Crippen LogP contribution in [-0.2, 0) is 10.8 Å². The van der Waals surface area contributed by atoms with E-state index in [1.807, 2.05) is 0 Å². The average Bonchev–Trinajstić information content (AvgIpc) is 3.61. The van der Waals surface area contributed by atoms with Gasteiger partial charge in [-0.25, -0.2) is 0 Å². The summed E-state index contributed by atoms with van der Waals surface area (Å²) >= 11 is 0. The Morgan fingerprint density at radius 1 is 0.412 bits per heavy atom. The molecule has 0 heterocycles. The molecule has 6 aromatic carbocycles. The minimum atomic E-state index is 0.123. The first-order chi connectivity index (χ1) is 25.2. The molecule has 7 aliphatic rings. The molecule has 6 aromatic rings. The second-order valence-electron chi connectivity index (χ2n) is 17.2. The highest BCUT2D eigenvalue weighted by molar-refractivity contribution is 5.93. The smallest absolute Gasteiger partial charge is 0.0468 e. The molecule has 1 nitrogen and oxygen atoms in total. The standard InChI is InChI=1S/C50H45N/c1-8-22-49(23-9-1)45-14-6-4-12-41(45)43-20-18-40(31-48(43)49)51(38-17-16-34-10-2-3-11-35(34)29-38)39-19-21-47-44(30-39)42-13-5-7-15-46(42)50(47)36-25-32-24-33(27-36)28-37(50)26-32/h2-7,10-21,29-33,36-37H,1,8-9,22-28H2. The number of anilines is 3. The highest BCUT2D eigenvalue weighted by atomic mass is 15.1. The minimum Gasteiger partial charge on any atom is -0.310 e. The topological polar surface area (TPSA) is 3.24 Å². The molecule has 0 N–H and O–H groups in total. The summed E-state index contributed by atoms with van der Waals surface area (Å²) in [5.74, 6) is 3.47. The maximum atomic E-state index is 2.59. The minimum absolute atomic E-state index is 0.123. The van der Waals surface area contributed by atoms with E-state index >= 15 is 0 Å². The van der Waals surface area contributed by atoms with Crippen molar-refractivity contribution in [2.75, 3.05) is 4.90 Å². The molecule has 0 unspecified atom stereocenters. The zero-order valence-corrected chi connectivity index (χ0v) is 29.5. The van der Waals surface area contributed by atoms with Crippen molar-refractivity contribution in [2.45, 2.75) is 75.0 Å². The Labute approximate surface area is 302 Å². The molecule has 7 aliphatic carbocycles. The van der Waals surface area contributed by atoms with Gasteiger partial charge >= 0.3 is 0 Å². The molecule has 0 aliphatic heterocycles. The van der Waals surface area contributed by atoms with E-state index in [-0.39, 0.29) is 10.8 Å². The normalized spacial score (nSPS) is 27.1. The number of benzene rings is 6. The third kappa shape index (κ3) is 3.83. The molecule has 4 bridgehead atoms. The maximum Gasteiger partial charge on any atom is 0.0468 e. The number of fused-ring (bicyclic) bond motifs is 9. The molecule has 0 amide bonds. The fraction of sp³-hybridized carbons (Fsp3) is 0.320. The third-order valence-corrected chi connectivity index (χ3v) is 15.0. The van der Waals surface area contributed by atoms with Crippen LogP contribution in [0.25, 0.3) is 33.0 Å². The van der Waals surface area contributed by atoms with Crippen molar-refractivity contribution in [1.29, 1.82) is 0 Å². The molecule has 2 spiro atoms. The van der Waals surface area contributed by atoms with Gasteiger partial charge in [-0.15, -0.1) is 0 Å². The fourth-order valence-electron chi connectivity index (χ4n) is 13.3. The van der Waals surface area contributed by atoms with E-state index in [0.29, 0.717) is 0 Å². The van der Waals surface area contributed by atoms with Gasteiger partial charge in [0.1, 0.15) is 0 Å². The van der Waals surface area contributed by atoms with Gasteiger partial charge in [-0.05, 0) is 160 Å². The van der Waals surface area contributed by atoms with Crippen LogP contribution in [-0.4, -0.2) is 0 Å². The molecular weight excluding hydrogens is 615 g/mol. The molecule has 1 heteroatoms. The molecule has 51 heavy (non-hydrogen) atoms. The van der Waals surface area contributed by atoms with Crippen LogP contribution < -0.4 is 4.90 Å². The van der Waals surface area contributed by atoms with Crippen LogP contribution >= 0.6 is 0 Å². The summed E-state index contributed by atoms with van der Waals surface area (Å²) in [4.78, 5) is 2.58. The van der Waals surface area contributed by atoms with Crippen molar-refractivity contribution in [3.05, 3.63) is 150 Å². The van der Waals surface area contributed by atoms with E-state index in [1.165, 1.54) is 114 Å². The van der Waals surface area contributed by atoms with Crippen LogP contribution in [0.5, 0.6) is 0 Å². The van der Waals surface area contributed by atoms with Gasteiger partial charge in [-0.2, -0.15) is 0 Å². The maximum absolute atomic E-state index is 2.59. The van der Waals surface area contributed by atoms with Gasteiger partial charge in [0.2, 0.25) is 0 Å². The Morgan fingerprint density at radius 2 is 0.980 bits per heavy atom. The summed E-state index contributed by atoms with van der Waals surface area (Å²) in [6.07, 6.45) is 13.6. The molecule has 0 saturated heterocycles. The molecule has 0 aromatic heterocycles. The van der Waals surface area contributed by atoms with Gasteiger partial charge in [0.15, 0.2) is 0 Å². The quantitative estimate of drug-likeness (QED) is 0.183. The van der Waals surface area contributed by atoms with Crippen LogP contribution in [0.1, 0.15) is 86.5 Å². The summed E-state index contributed by atoms with van der Waals surface area (Å²) in [7, 11) is 0. The van der Waals surface area contributed by atoms with Crippen molar-refractivity contribution in [3.8, 4) is 22.3 Å². The predicted octanol–water partition coefficient (Wildman–Crippen LogP) is 13.3. The highest BCUT2D eigenvalue weighted by Crippen LogP contribution is 2.69. The van der Waals surface area contributed by atoms with Gasteiger partial charge in [0, 0.05) is 27.9 Å². The predicted molar refractivity (Wildman–Crippen MR) is 211 cm³/mol. The number of nitrogens with zero attached hydrogens (tertiary/aromatic N) is 1. The first kappa shape index (κ1) is 29.0. The Bertz CT molecular complexity index is 2360. The average molecular weight is 660 g/mol. The molecule has 0 radical (unpaired) electrons. The fourth-order valence-corrected chi connectivity index (χ4v) is 13.3. The second-order valence-corrected chi connectivity index (χ2v) is 17.2. The van der Waals surface area contributed by atoms with Crippen molar-refractivity contribution in [3.63, 3.8) is 0 Å². The summed E-state index contributed by atoms with van der Waals surface area (Å²) in [5, 5.41) is 2.58. The lowest BCUT2D eigenvalue weighted by Crippen LogP contribution is -2.55. The molecule has 5 fully saturated rings. The SMILES string of the molecule is c1ccc2c(c1)-c1ccc(N(c3ccc4c(c3)-c3ccccc3C43C4CC5CC(C4)CC3C5)c3ccc4ccccc4c3)cc1C21CCCCC1. The molecule has 5 saturated carbocycles. The zero-order valence-electron chi connectivity index (χ0n) is 29.5. The van der Waals surface area contributed by atoms with Gasteiger partial charge in [-0.1, -0.05) is 110 Å². The van der Waals surface area contributed by atoms with Crippen molar-refractivity contribution < 1.29 is 0 Å². The summed E-state index contributed by atoms with van der Waals surface area (Å²) in [5.41, 5.74) is 16.3. The summed E-state index contributed by atoms with van der Waals surface area (Å²) in [6.45, 7) is 0. The van der Waals surface area contributed by atoms with E-state index < -0.39 is 0 Å². The van der Waals surface area contributed by atoms with E-state index in [1.54, 1.807) is 22.3 Å². The van der Waals surface area contributed by atoms with Crippen LogP contribution in [0, 0.1) is 23.7 Å². The highest BCUT2D eigenvalue weighted by Gasteiger charge is 2.61. The van der Waals surface area contributed by atoms with Crippen molar-refractivity contribution in [2.24, 2.45) is 23.7 Å². The largest absolute Gasteiger partial charge is 0.310 e. The van der Waals surface area contributed by atoms with Crippen LogP contribution in [0.4, 0.5) is 17.1 Å². The lowest BCUT2D eigenvalue weighted by Gasteiger charge is -2.61. The van der Waals surface area contributed by atoms with Crippen molar-refractivity contribution >= 4 is 27.8 Å². The number of hydrogen-bond donors (Lipinski definition) is 0. The Kier molecular flexibility index (Phi) is 5.96. The van der Waals surface area contributed by atoms with Gasteiger partial charge < -0.3 is 4.90 Å². The molecule has 250 valence electrons. The van der Waals surface area contributed by atoms with E-state index in [9.17, 15) is 0 Å². The second kappa shape index (κ2) is 10.5. The van der Waals surface area contributed by atoms with Gasteiger partial charge in [0.05, 0.1) is 0 Å². The first-order valence-corrected chi connectivity index (χ1v) is 20.0. The van der Waals surface area contributed by atoms with E-state index in [4.69, 9.17) is 0 Å². The Morgan fingerprint density at radius 3 is 1.76 bits per heavy atom. The van der Waals surface area contributed by atoms with Crippen LogP contribution in [0.15, 0.2) is 127 Å². The lowest BCUT2D eigenvalue weighted by atomic mass is 9.43. The number of rotatable bonds is 3. The summed E-state index contributed by atoms with van der Waals surface area (Å²) in [6, 6.07) is 49.9.